The third-order valence-electron chi connectivity index (χ3n) is 4.90. The number of aryl methyl sites for hydroxylation is 1. The van der Waals surface area contributed by atoms with Crippen molar-refractivity contribution in [3.8, 4) is 0 Å². The summed E-state index contributed by atoms with van der Waals surface area (Å²) in [5, 5.41) is 3.15. The van der Waals surface area contributed by atoms with Crippen LogP contribution in [0.25, 0.3) is 0 Å². The van der Waals surface area contributed by atoms with Crippen molar-refractivity contribution < 1.29 is 4.79 Å². The van der Waals surface area contributed by atoms with Gasteiger partial charge in [0.2, 0.25) is 11.9 Å². The van der Waals surface area contributed by atoms with Gasteiger partial charge in [-0.25, -0.2) is 4.98 Å². The smallest absolute Gasteiger partial charge is 0.233 e. The number of anilines is 3. The highest BCUT2D eigenvalue weighted by atomic mass is 16.1. The number of nitrogens with zero attached hydrogens (tertiary/aromatic N) is 5. The predicted octanol–water partition coefficient (Wildman–Crippen LogP) is 3.60. The summed E-state index contributed by atoms with van der Waals surface area (Å²) < 4.78 is 0. The Labute approximate surface area is 170 Å². The number of aromatic nitrogens is 4. The van der Waals surface area contributed by atoms with E-state index in [4.69, 9.17) is 0 Å². The van der Waals surface area contributed by atoms with E-state index in [-0.39, 0.29) is 5.78 Å². The summed E-state index contributed by atoms with van der Waals surface area (Å²) in [5.74, 6) is 2.49. The minimum atomic E-state index is 0.0456. The van der Waals surface area contributed by atoms with Crippen molar-refractivity contribution in [2.24, 2.45) is 0 Å². The van der Waals surface area contributed by atoms with Gasteiger partial charge in [-0.1, -0.05) is 37.3 Å². The van der Waals surface area contributed by atoms with E-state index >= 15 is 0 Å². The first-order valence-corrected chi connectivity index (χ1v) is 10.0. The van der Waals surface area contributed by atoms with Gasteiger partial charge in [0.05, 0.1) is 0 Å². The van der Waals surface area contributed by atoms with E-state index in [9.17, 15) is 4.79 Å². The van der Waals surface area contributed by atoms with Crippen molar-refractivity contribution in [2.45, 2.75) is 32.6 Å². The van der Waals surface area contributed by atoms with Gasteiger partial charge in [0.15, 0.2) is 5.78 Å². The number of hydrogen-bond acceptors (Lipinski definition) is 7. The quantitative estimate of drug-likeness (QED) is 0.619. The lowest BCUT2D eigenvalue weighted by molar-refractivity contribution is 0.0993. The molecule has 0 radical (unpaired) electrons. The Balaban J connectivity index is 1.53. The molecule has 1 aromatic carbocycles. The summed E-state index contributed by atoms with van der Waals surface area (Å²) in [6.07, 6.45) is 5.02. The first kappa shape index (κ1) is 19.0. The molecule has 7 nitrogen and oxygen atoms in total. The summed E-state index contributed by atoms with van der Waals surface area (Å²) in [6, 6.07) is 13.2. The molecule has 0 bridgehead atoms. The molecule has 1 aliphatic rings. The summed E-state index contributed by atoms with van der Waals surface area (Å²) in [5.41, 5.74) is 1.60. The Morgan fingerprint density at radius 2 is 1.86 bits per heavy atom. The van der Waals surface area contributed by atoms with Crippen molar-refractivity contribution in [2.75, 3.05) is 23.3 Å². The molecule has 1 N–H and O–H groups in total. The molecule has 0 unspecified atom stereocenters. The molecule has 1 saturated heterocycles. The number of benzene rings is 1. The third-order valence-corrected chi connectivity index (χ3v) is 4.90. The van der Waals surface area contributed by atoms with Crippen LogP contribution in [0, 0.1) is 0 Å². The Morgan fingerprint density at radius 3 is 2.62 bits per heavy atom. The number of ketones is 1. The van der Waals surface area contributed by atoms with Crippen LogP contribution in [0.5, 0.6) is 0 Å². The average Bonchev–Trinajstić information content (AvgIpc) is 3.29. The lowest BCUT2D eigenvalue weighted by atomic mass is 10.0. The molecule has 148 valence electrons. The minimum Gasteiger partial charge on any atom is -0.341 e. The van der Waals surface area contributed by atoms with Crippen LogP contribution in [0.15, 0.2) is 48.7 Å². The second-order valence-electron chi connectivity index (χ2n) is 7.06. The van der Waals surface area contributed by atoms with E-state index in [1.54, 1.807) is 18.3 Å². The fourth-order valence-electron chi connectivity index (χ4n) is 3.35. The molecule has 1 fully saturated rings. The zero-order valence-corrected chi connectivity index (χ0v) is 16.5. The molecule has 0 spiro atoms. The van der Waals surface area contributed by atoms with Crippen LogP contribution in [0.3, 0.4) is 0 Å². The van der Waals surface area contributed by atoms with Crippen LogP contribution in [-0.2, 0) is 12.8 Å². The molecule has 3 heterocycles. The fourth-order valence-corrected chi connectivity index (χ4v) is 3.35. The van der Waals surface area contributed by atoms with E-state index in [2.05, 4.69) is 30.2 Å². The van der Waals surface area contributed by atoms with Gasteiger partial charge in [-0.3, -0.25) is 4.79 Å². The molecular formula is C22H24N6O. The third kappa shape index (κ3) is 4.74. The van der Waals surface area contributed by atoms with Gasteiger partial charge < -0.3 is 10.2 Å². The highest BCUT2D eigenvalue weighted by Gasteiger charge is 2.17. The van der Waals surface area contributed by atoms with Crippen molar-refractivity contribution in [3.05, 3.63) is 65.6 Å². The van der Waals surface area contributed by atoms with E-state index in [0.717, 1.165) is 43.7 Å². The Bertz CT molecular complexity index is 986. The van der Waals surface area contributed by atoms with Crippen molar-refractivity contribution in [1.29, 1.82) is 0 Å². The van der Waals surface area contributed by atoms with Crippen molar-refractivity contribution in [3.63, 3.8) is 0 Å². The number of rotatable bonds is 7. The summed E-state index contributed by atoms with van der Waals surface area (Å²) in [4.78, 5) is 32.8. The average molecular weight is 388 g/mol. The van der Waals surface area contributed by atoms with Gasteiger partial charge in [-0.05, 0) is 30.5 Å². The van der Waals surface area contributed by atoms with Gasteiger partial charge in [-0.15, -0.1) is 0 Å². The molecule has 0 atom stereocenters. The number of carbonyl (C=O) groups excluding carboxylic acids is 1. The maximum absolute atomic E-state index is 12.6. The van der Waals surface area contributed by atoms with Crippen LogP contribution in [0.4, 0.5) is 17.7 Å². The lowest BCUT2D eigenvalue weighted by Crippen LogP contribution is -2.22. The summed E-state index contributed by atoms with van der Waals surface area (Å²) in [6.45, 7) is 3.96. The molecule has 1 aliphatic heterocycles. The summed E-state index contributed by atoms with van der Waals surface area (Å²) in [7, 11) is 0. The zero-order valence-electron chi connectivity index (χ0n) is 16.5. The van der Waals surface area contributed by atoms with Gasteiger partial charge in [-0.2, -0.15) is 15.0 Å². The monoisotopic (exact) mass is 388 g/mol. The largest absolute Gasteiger partial charge is 0.341 e. The van der Waals surface area contributed by atoms with E-state index < -0.39 is 0 Å². The first-order valence-electron chi connectivity index (χ1n) is 10.0. The summed E-state index contributed by atoms with van der Waals surface area (Å²) >= 11 is 0. The molecule has 29 heavy (non-hydrogen) atoms. The van der Waals surface area contributed by atoms with Gasteiger partial charge in [0.25, 0.3) is 0 Å². The van der Waals surface area contributed by atoms with Gasteiger partial charge in [0.1, 0.15) is 11.6 Å². The fraction of sp³-hybridized carbons (Fsp3) is 0.318. The lowest BCUT2D eigenvalue weighted by Gasteiger charge is -2.16. The normalized spacial score (nSPS) is 13.5. The molecule has 0 amide bonds. The SMILES string of the molecule is CCc1nc(Nc2cc(C(=O)Cc3ccccc3)ccn2)nc(N2CCCC2)n1. The zero-order chi connectivity index (χ0) is 20.1. The van der Waals surface area contributed by atoms with Crippen LogP contribution in [-0.4, -0.2) is 38.8 Å². The Kier molecular flexibility index (Phi) is 5.74. The van der Waals surface area contributed by atoms with E-state index in [1.807, 2.05) is 37.3 Å². The highest BCUT2D eigenvalue weighted by Crippen LogP contribution is 2.19. The molecule has 2 aromatic heterocycles. The Morgan fingerprint density at radius 1 is 1.07 bits per heavy atom. The minimum absolute atomic E-state index is 0.0456. The number of nitrogens with one attached hydrogen (secondary N) is 1. The van der Waals surface area contributed by atoms with E-state index in [0.29, 0.717) is 29.7 Å². The molecule has 0 aliphatic carbocycles. The van der Waals surface area contributed by atoms with Crippen molar-refractivity contribution in [1.82, 2.24) is 19.9 Å². The molecule has 4 rings (SSSR count). The maximum Gasteiger partial charge on any atom is 0.233 e. The van der Waals surface area contributed by atoms with Crippen LogP contribution >= 0.6 is 0 Å². The van der Waals surface area contributed by atoms with Crippen LogP contribution in [0.2, 0.25) is 0 Å². The van der Waals surface area contributed by atoms with Crippen LogP contribution in [0.1, 0.15) is 41.5 Å². The first-order chi connectivity index (χ1) is 14.2. The van der Waals surface area contributed by atoms with Crippen LogP contribution < -0.4 is 10.2 Å². The second-order valence-corrected chi connectivity index (χ2v) is 7.06. The maximum atomic E-state index is 12.6. The van der Waals surface area contributed by atoms with Crippen molar-refractivity contribution >= 4 is 23.5 Å². The number of pyridine rings is 1. The molecule has 0 saturated carbocycles. The standard InChI is InChI=1S/C22H24N6O/c1-2-19-24-21(27-22(26-19)28-12-6-7-13-28)25-20-15-17(10-11-23-20)18(29)14-16-8-4-3-5-9-16/h3-5,8-11,15H,2,6-7,12-14H2,1H3,(H,23,24,25,26,27). The van der Waals surface area contributed by atoms with Gasteiger partial charge >= 0.3 is 0 Å². The predicted molar refractivity (Wildman–Crippen MR) is 113 cm³/mol. The molecule has 3 aromatic rings. The number of Topliss-reactive ketones (excluding diaryl/α,β-unsaturated/α-hetero) is 1. The van der Waals surface area contributed by atoms with Gasteiger partial charge in [0, 0.05) is 37.7 Å². The Hall–Kier alpha value is -3.35. The number of hydrogen-bond donors (Lipinski definition) is 1. The number of carbonyl (C=O) groups is 1. The second kappa shape index (κ2) is 8.77. The molecule has 7 heteroatoms. The van der Waals surface area contributed by atoms with E-state index in [1.165, 1.54) is 0 Å². The molecular weight excluding hydrogens is 364 g/mol. The highest BCUT2D eigenvalue weighted by molar-refractivity contribution is 5.98. The topological polar surface area (TPSA) is 83.9 Å².